The van der Waals surface area contributed by atoms with Crippen LogP contribution in [0.3, 0.4) is 0 Å². The Morgan fingerprint density at radius 2 is 2.06 bits per heavy atom. The van der Waals surface area contributed by atoms with Gasteiger partial charge in [-0.25, -0.2) is 0 Å². The summed E-state index contributed by atoms with van der Waals surface area (Å²) in [6.45, 7) is 4.04. The molecule has 1 aliphatic rings. The number of rotatable bonds is 1. The Labute approximate surface area is 105 Å². The van der Waals surface area contributed by atoms with E-state index in [0.29, 0.717) is 0 Å². The summed E-state index contributed by atoms with van der Waals surface area (Å²) >= 11 is 6.17. The average Bonchev–Trinajstić information content (AvgIpc) is 2.39. The number of halogens is 1. The summed E-state index contributed by atoms with van der Waals surface area (Å²) in [7, 11) is 0. The molecule has 0 atom stereocenters. The molecule has 88 valence electrons. The molecule has 3 nitrogen and oxygen atoms in total. The summed E-state index contributed by atoms with van der Waals surface area (Å²) in [6.07, 6.45) is 1.84. The number of nitrogens with zero attached hydrogens (tertiary/aromatic N) is 2. The minimum absolute atomic E-state index is 0.777. The van der Waals surface area contributed by atoms with Crippen molar-refractivity contribution in [3.8, 4) is 0 Å². The lowest BCUT2D eigenvalue weighted by Crippen LogP contribution is -2.43. The van der Waals surface area contributed by atoms with E-state index in [4.69, 9.17) is 11.6 Å². The summed E-state index contributed by atoms with van der Waals surface area (Å²) < 4.78 is 0. The molecule has 0 radical (unpaired) electrons. The van der Waals surface area contributed by atoms with Gasteiger partial charge in [0.2, 0.25) is 0 Å². The van der Waals surface area contributed by atoms with E-state index >= 15 is 0 Å². The van der Waals surface area contributed by atoms with Crippen LogP contribution in [0.25, 0.3) is 10.9 Å². The molecule has 0 unspecified atom stereocenters. The molecule has 3 rings (SSSR count). The first kappa shape index (κ1) is 10.8. The molecule has 0 amide bonds. The zero-order valence-electron chi connectivity index (χ0n) is 9.49. The topological polar surface area (TPSA) is 28.2 Å². The van der Waals surface area contributed by atoms with Crippen molar-refractivity contribution in [2.75, 3.05) is 31.1 Å². The minimum Gasteiger partial charge on any atom is -0.367 e. The molecule has 2 heterocycles. The van der Waals surface area contributed by atoms with Crippen LogP contribution >= 0.6 is 11.6 Å². The van der Waals surface area contributed by atoms with Crippen LogP contribution in [0.4, 0.5) is 5.69 Å². The van der Waals surface area contributed by atoms with Crippen LogP contribution in [0.1, 0.15) is 0 Å². The van der Waals surface area contributed by atoms with Gasteiger partial charge in [0.15, 0.2) is 0 Å². The van der Waals surface area contributed by atoms with E-state index in [-0.39, 0.29) is 0 Å². The Balaban J connectivity index is 2.13. The molecule has 17 heavy (non-hydrogen) atoms. The monoisotopic (exact) mass is 247 g/mol. The van der Waals surface area contributed by atoms with E-state index in [1.54, 1.807) is 0 Å². The number of pyridine rings is 1. The molecule has 1 fully saturated rings. The maximum absolute atomic E-state index is 6.17. The van der Waals surface area contributed by atoms with Gasteiger partial charge in [0.05, 0.1) is 11.2 Å². The van der Waals surface area contributed by atoms with Crippen molar-refractivity contribution in [1.82, 2.24) is 10.3 Å². The Bertz CT molecular complexity index is 535. The number of fused-ring (bicyclic) bond motifs is 1. The van der Waals surface area contributed by atoms with Crippen LogP contribution in [0.2, 0.25) is 5.02 Å². The molecule has 1 N–H and O–H groups in total. The summed E-state index contributed by atoms with van der Waals surface area (Å²) in [5.41, 5.74) is 2.19. The van der Waals surface area contributed by atoms with Crippen LogP contribution < -0.4 is 10.2 Å². The minimum atomic E-state index is 0.777. The molecule has 1 aliphatic heterocycles. The van der Waals surface area contributed by atoms with Gasteiger partial charge in [-0.1, -0.05) is 17.7 Å². The second-order valence-electron chi connectivity index (χ2n) is 4.24. The van der Waals surface area contributed by atoms with Gasteiger partial charge in [0, 0.05) is 42.8 Å². The number of hydrogen-bond donors (Lipinski definition) is 1. The first-order valence-corrected chi connectivity index (χ1v) is 6.22. The van der Waals surface area contributed by atoms with Crippen LogP contribution in [0.15, 0.2) is 30.5 Å². The van der Waals surface area contributed by atoms with Crippen molar-refractivity contribution in [3.05, 3.63) is 35.5 Å². The van der Waals surface area contributed by atoms with Gasteiger partial charge in [0.1, 0.15) is 0 Å². The molecule has 1 saturated heterocycles. The average molecular weight is 248 g/mol. The van der Waals surface area contributed by atoms with Gasteiger partial charge >= 0.3 is 0 Å². The van der Waals surface area contributed by atoms with Gasteiger partial charge in [0.25, 0.3) is 0 Å². The van der Waals surface area contributed by atoms with Crippen molar-refractivity contribution in [2.45, 2.75) is 0 Å². The van der Waals surface area contributed by atoms with E-state index in [1.165, 1.54) is 0 Å². The Kier molecular flexibility index (Phi) is 2.87. The highest BCUT2D eigenvalue weighted by atomic mass is 35.5. The number of hydrogen-bond acceptors (Lipinski definition) is 3. The molecule has 0 aliphatic carbocycles. The first-order valence-electron chi connectivity index (χ1n) is 5.84. The normalized spacial score (nSPS) is 16.4. The van der Waals surface area contributed by atoms with Gasteiger partial charge in [-0.05, 0) is 18.2 Å². The maximum atomic E-state index is 6.17. The number of aromatic nitrogens is 1. The molecular weight excluding hydrogens is 234 g/mol. The number of nitrogens with one attached hydrogen (secondary N) is 1. The quantitative estimate of drug-likeness (QED) is 0.838. The number of piperazine rings is 1. The molecule has 1 aromatic carbocycles. The van der Waals surface area contributed by atoms with Crippen molar-refractivity contribution < 1.29 is 0 Å². The number of anilines is 1. The highest BCUT2D eigenvalue weighted by molar-refractivity contribution is 6.31. The first-order chi connectivity index (χ1) is 8.34. The van der Waals surface area contributed by atoms with Crippen LogP contribution in [0.5, 0.6) is 0 Å². The van der Waals surface area contributed by atoms with Crippen LogP contribution in [0, 0.1) is 0 Å². The lowest BCUT2D eigenvalue weighted by atomic mass is 10.1. The molecular formula is C13H14ClN3. The molecule has 4 heteroatoms. The largest absolute Gasteiger partial charge is 0.367 e. The summed E-state index contributed by atoms with van der Waals surface area (Å²) in [5.74, 6) is 0. The molecule has 0 bridgehead atoms. The van der Waals surface area contributed by atoms with Gasteiger partial charge in [-0.15, -0.1) is 0 Å². The second-order valence-corrected chi connectivity index (χ2v) is 4.67. The Morgan fingerprint density at radius 3 is 2.88 bits per heavy atom. The standard InChI is InChI=1S/C13H14ClN3/c14-11-8-10-2-1-3-16-13(10)12(9-11)17-6-4-15-5-7-17/h1-3,8-9,15H,4-7H2. The SMILES string of the molecule is Clc1cc(N2CCNCC2)c2ncccc2c1. The fraction of sp³-hybridized carbons (Fsp3) is 0.308. The summed E-state index contributed by atoms with van der Waals surface area (Å²) in [4.78, 5) is 6.82. The Hall–Kier alpha value is -1.32. The predicted octanol–water partition coefficient (Wildman–Crippen LogP) is 2.30. The lowest BCUT2D eigenvalue weighted by molar-refractivity contribution is 0.590. The van der Waals surface area contributed by atoms with E-state index in [0.717, 1.165) is 47.8 Å². The Morgan fingerprint density at radius 1 is 1.24 bits per heavy atom. The third-order valence-electron chi connectivity index (χ3n) is 3.11. The van der Waals surface area contributed by atoms with Crippen molar-refractivity contribution in [2.24, 2.45) is 0 Å². The zero-order valence-corrected chi connectivity index (χ0v) is 10.2. The zero-order chi connectivity index (χ0) is 11.7. The van der Waals surface area contributed by atoms with E-state index in [2.05, 4.69) is 21.3 Å². The highest BCUT2D eigenvalue weighted by Crippen LogP contribution is 2.29. The van der Waals surface area contributed by atoms with Crippen LogP contribution in [-0.4, -0.2) is 31.2 Å². The smallest absolute Gasteiger partial charge is 0.0936 e. The van der Waals surface area contributed by atoms with Gasteiger partial charge < -0.3 is 10.2 Å². The third kappa shape index (κ3) is 2.08. The van der Waals surface area contributed by atoms with Crippen molar-refractivity contribution >= 4 is 28.2 Å². The number of benzene rings is 1. The van der Waals surface area contributed by atoms with Crippen molar-refractivity contribution in [3.63, 3.8) is 0 Å². The summed E-state index contributed by atoms with van der Waals surface area (Å²) in [6, 6.07) is 7.98. The fourth-order valence-electron chi connectivity index (χ4n) is 2.28. The van der Waals surface area contributed by atoms with Crippen LogP contribution in [-0.2, 0) is 0 Å². The lowest BCUT2D eigenvalue weighted by Gasteiger charge is -2.30. The van der Waals surface area contributed by atoms with Crippen molar-refractivity contribution in [1.29, 1.82) is 0 Å². The maximum Gasteiger partial charge on any atom is 0.0936 e. The molecule has 2 aromatic rings. The van der Waals surface area contributed by atoms with Gasteiger partial charge in [-0.3, -0.25) is 4.98 Å². The van der Waals surface area contributed by atoms with Gasteiger partial charge in [-0.2, -0.15) is 0 Å². The van der Waals surface area contributed by atoms with E-state index in [9.17, 15) is 0 Å². The molecule has 0 saturated carbocycles. The summed E-state index contributed by atoms with van der Waals surface area (Å²) in [5, 5.41) is 5.23. The second kappa shape index (κ2) is 4.51. The fourth-order valence-corrected chi connectivity index (χ4v) is 2.51. The highest BCUT2D eigenvalue weighted by Gasteiger charge is 2.14. The van der Waals surface area contributed by atoms with E-state index in [1.807, 2.05) is 24.4 Å². The molecule has 1 aromatic heterocycles. The molecule has 0 spiro atoms. The third-order valence-corrected chi connectivity index (χ3v) is 3.33. The van der Waals surface area contributed by atoms with E-state index < -0.39 is 0 Å². The predicted molar refractivity (Wildman–Crippen MR) is 71.8 cm³/mol.